The van der Waals surface area contributed by atoms with Gasteiger partial charge in [0.1, 0.15) is 0 Å². The summed E-state index contributed by atoms with van der Waals surface area (Å²) in [6, 6.07) is 14.8. The van der Waals surface area contributed by atoms with E-state index in [-0.39, 0.29) is 0 Å². The van der Waals surface area contributed by atoms with Gasteiger partial charge in [0, 0.05) is 30.3 Å². The Morgan fingerprint density at radius 3 is 2.26 bits per heavy atom. The maximum atomic E-state index is 5.66. The lowest BCUT2D eigenvalue weighted by Gasteiger charge is -2.22. The summed E-state index contributed by atoms with van der Waals surface area (Å²) in [6.07, 6.45) is 0. The highest BCUT2D eigenvalue weighted by Crippen LogP contribution is 2.22. The average molecular weight is 319 g/mol. The predicted molar refractivity (Wildman–Crippen MR) is 85.3 cm³/mol. The van der Waals surface area contributed by atoms with Gasteiger partial charge in [-0.3, -0.25) is 0 Å². The van der Waals surface area contributed by atoms with Crippen LogP contribution in [0.5, 0.6) is 0 Å². The van der Waals surface area contributed by atoms with Gasteiger partial charge in [-0.05, 0) is 41.8 Å². The molecule has 0 aliphatic carbocycles. The first kappa shape index (κ1) is 14.1. The molecule has 2 N–H and O–H groups in total. The maximum Gasteiger partial charge on any atom is 0.0426 e. The van der Waals surface area contributed by atoms with Gasteiger partial charge in [0.2, 0.25) is 0 Å². The second-order valence-corrected chi connectivity index (χ2v) is 5.72. The lowest BCUT2D eigenvalue weighted by Crippen LogP contribution is -2.17. The Kier molecular flexibility index (Phi) is 4.61. The fraction of sp³-hybridized carbons (Fsp3) is 0.250. The van der Waals surface area contributed by atoms with E-state index in [1.807, 2.05) is 0 Å². The second-order valence-electron chi connectivity index (χ2n) is 4.81. The van der Waals surface area contributed by atoms with Crippen LogP contribution in [0.1, 0.15) is 16.7 Å². The topological polar surface area (TPSA) is 29.3 Å². The summed E-state index contributed by atoms with van der Waals surface area (Å²) in [7, 11) is 2.12. The van der Waals surface area contributed by atoms with Crippen molar-refractivity contribution in [1.82, 2.24) is 0 Å². The molecule has 100 valence electrons. The summed E-state index contributed by atoms with van der Waals surface area (Å²) in [4.78, 5) is 2.26. The van der Waals surface area contributed by atoms with Crippen molar-refractivity contribution in [3.8, 4) is 0 Å². The molecule has 0 radical (unpaired) electrons. The molecule has 0 bridgehead atoms. The minimum atomic E-state index is 0.595. The van der Waals surface area contributed by atoms with E-state index in [4.69, 9.17) is 5.73 Å². The molecule has 2 nitrogen and oxygen atoms in total. The van der Waals surface area contributed by atoms with E-state index >= 15 is 0 Å². The normalized spacial score (nSPS) is 10.5. The van der Waals surface area contributed by atoms with Gasteiger partial charge in [-0.2, -0.15) is 0 Å². The molecule has 0 saturated heterocycles. The first-order valence-corrected chi connectivity index (χ1v) is 7.14. The summed E-state index contributed by atoms with van der Waals surface area (Å²) in [5.41, 5.74) is 10.7. The van der Waals surface area contributed by atoms with E-state index in [0.717, 1.165) is 11.0 Å². The van der Waals surface area contributed by atoms with Crippen LogP contribution in [0.4, 0.5) is 5.69 Å². The van der Waals surface area contributed by atoms with Crippen LogP contribution in [0.15, 0.2) is 46.9 Å². The van der Waals surface area contributed by atoms with E-state index < -0.39 is 0 Å². The third kappa shape index (κ3) is 3.58. The molecule has 0 fully saturated rings. The van der Waals surface area contributed by atoms with E-state index in [0.29, 0.717) is 6.54 Å². The van der Waals surface area contributed by atoms with Crippen molar-refractivity contribution in [1.29, 1.82) is 0 Å². The van der Waals surface area contributed by atoms with Crippen molar-refractivity contribution < 1.29 is 0 Å². The van der Waals surface area contributed by atoms with Gasteiger partial charge in [-0.25, -0.2) is 0 Å². The molecular weight excluding hydrogens is 300 g/mol. The number of halogens is 1. The molecule has 0 aliphatic rings. The van der Waals surface area contributed by atoms with Gasteiger partial charge in [0.05, 0.1) is 0 Å². The highest BCUT2D eigenvalue weighted by Gasteiger charge is 2.06. The third-order valence-corrected chi connectivity index (χ3v) is 3.77. The summed E-state index contributed by atoms with van der Waals surface area (Å²) in [5, 5.41) is 0. The van der Waals surface area contributed by atoms with E-state index in [1.54, 1.807) is 0 Å². The Balaban J connectivity index is 2.15. The second kappa shape index (κ2) is 6.22. The van der Waals surface area contributed by atoms with Crippen LogP contribution in [0.25, 0.3) is 0 Å². The number of anilines is 1. The molecule has 3 heteroatoms. The number of hydrogen-bond donors (Lipinski definition) is 1. The fourth-order valence-electron chi connectivity index (χ4n) is 2.22. The quantitative estimate of drug-likeness (QED) is 0.927. The summed E-state index contributed by atoms with van der Waals surface area (Å²) >= 11 is 3.46. The third-order valence-electron chi connectivity index (χ3n) is 3.24. The smallest absolute Gasteiger partial charge is 0.0426 e. The van der Waals surface area contributed by atoms with Crippen LogP contribution in [0.3, 0.4) is 0 Å². The molecule has 2 aromatic carbocycles. The molecule has 0 atom stereocenters. The van der Waals surface area contributed by atoms with Crippen LogP contribution < -0.4 is 10.6 Å². The average Bonchev–Trinajstić information content (AvgIpc) is 2.41. The van der Waals surface area contributed by atoms with Crippen molar-refractivity contribution in [2.75, 3.05) is 11.9 Å². The molecule has 0 aliphatic heterocycles. The molecule has 0 aromatic heterocycles. The molecular formula is C16H19BrN2. The van der Waals surface area contributed by atoms with Gasteiger partial charge in [-0.1, -0.05) is 40.2 Å². The number of hydrogen-bond acceptors (Lipinski definition) is 2. The zero-order chi connectivity index (χ0) is 13.8. The first-order valence-electron chi connectivity index (χ1n) is 6.35. The summed E-state index contributed by atoms with van der Waals surface area (Å²) in [6.45, 7) is 3.63. The van der Waals surface area contributed by atoms with Crippen molar-refractivity contribution in [3.63, 3.8) is 0 Å². The summed E-state index contributed by atoms with van der Waals surface area (Å²) < 4.78 is 1.11. The molecule has 2 rings (SSSR count). The zero-order valence-corrected chi connectivity index (χ0v) is 12.9. The number of nitrogens with two attached hydrogens (primary N) is 1. The van der Waals surface area contributed by atoms with Crippen LogP contribution in [0.2, 0.25) is 0 Å². The number of benzene rings is 2. The SMILES string of the molecule is Cc1cc(CN)ccc1N(C)Cc1ccc(Br)cc1. The molecule has 0 heterocycles. The minimum Gasteiger partial charge on any atom is -0.370 e. The lowest BCUT2D eigenvalue weighted by molar-refractivity contribution is 0.914. The van der Waals surface area contributed by atoms with Gasteiger partial charge in [0.15, 0.2) is 0 Å². The van der Waals surface area contributed by atoms with Crippen LogP contribution in [-0.2, 0) is 13.1 Å². The van der Waals surface area contributed by atoms with Gasteiger partial charge < -0.3 is 10.6 Å². The Labute approximate surface area is 123 Å². The monoisotopic (exact) mass is 318 g/mol. The molecule has 0 unspecified atom stereocenters. The van der Waals surface area contributed by atoms with E-state index in [2.05, 4.69) is 77.3 Å². The number of aryl methyl sites for hydroxylation is 1. The maximum absolute atomic E-state index is 5.66. The van der Waals surface area contributed by atoms with E-state index in [1.165, 1.54) is 22.4 Å². The Bertz CT molecular complexity index is 549. The Morgan fingerprint density at radius 1 is 1.05 bits per heavy atom. The largest absolute Gasteiger partial charge is 0.370 e. The molecule has 0 amide bonds. The predicted octanol–water partition coefficient (Wildman–Crippen LogP) is 3.85. The molecule has 19 heavy (non-hydrogen) atoms. The van der Waals surface area contributed by atoms with Crippen molar-refractivity contribution in [3.05, 3.63) is 63.6 Å². The first-order chi connectivity index (χ1) is 9.10. The van der Waals surface area contributed by atoms with Crippen LogP contribution >= 0.6 is 15.9 Å². The highest BCUT2D eigenvalue weighted by molar-refractivity contribution is 9.10. The Morgan fingerprint density at radius 2 is 1.68 bits per heavy atom. The standard InChI is InChI=1S/C16H19BrN2/c1-12-9-14(10-18)5-8-16(12)19(2)11-13-3-6-15(17)7-4-13/h3-9H,10-11,18H2,1-2H3. The Hall–Kier alpha value is -1.32. The van der Waals surface area contributed by atoms with Crippen molar-refractivity contribution in [2.24, 2.45) is 5.73 Å². The molecule has 2 aromatic rings. The van der Waals surface area contributed by atoms with Crippen LogP contribution in [-0.4, -0.2) is 7.05 Å². The zero-order valence-electron chi connectivity index (χ0n) is 11.4. The van der Waals surface area contributed by atoms with Gasteiger partial charge >= 0.3 is 0 Å². The van der Waals surface area contributed by atoms with Crippen LogP contribution in [0, 0.1) is 6.92 Å². The van der Waals surface area contributed by atoms with Gasteiger partial charge in [-0.15, -0.1) is 0 Å². The van der Waals surface area contributed by atoms with E-state index in [9.17, 15) is 0 Å². The summed E-state index contributed by atoms with van der Waals surface area (Å²) in [5.74, 6) is 0. The highest BCUT2D eigenvalue weighted by atomic mass is 79.9. The molecule has 0 spiro atoms. The minimum absolute atomic E-state index is 0.595. The lowest BCUT2D eigenvalue weighted by atomic mass is 10.1. The van der Waals surface area contributed by atoms with Gasteiger partial charge in [0.25, 0.3) is 0 Å². The molecule has 0 saturated carbocycles. The van der Waals surface area contributed by atoms with Crippen molar-refractivity contribution >= 4 is 21.6 Å². The number of nitrogens with zero attached hydrogens (tertiary/aromatic N) is 1. The fourth-order valence-corrected chi connectivity index (χ4v) is 2.49. The van der Waals surface area contributed by atoms with Crippen molar-refractivity contribution in [2.45, 2.75) is 20.0 Å². The number of rotatable bonds is 4.